The number of hydrogen-bond acceptors (Lipinski definition) is 4. The third-order valence-corrected chi connectivity index (χ3v) is 2.24. The van der Waals surface area contributed by atoms with Gasteiger partial charge in [0.15, 0.2) is 0 Å². The van der Waals surface area contributed by atoms with E-state index in [4.69, 9.17) is 5.11 Å². The van der Waals surface area contributed by atoms with Crippen LogP contribution in [0.2, 0.25) is 0 Å². The van der Waals surface area contributed by atoms with Gasteiger partial charge in [0.2, 0.25) is 0 Å². The van der Waals surface area contributed by atoms with Gasteiger partial charge in [0.25, 0.3) is 5.69 Å². The van der Waals surface area contributed by atoms with E-state index in [0.29, 0.717) is 12.1 Å². The largest absolute Gasteiger partial charge is 0.478 e. The average molecular weight is 296 g/mol. The zero-order valence-corrected chi connectivity index (χ0v) is 9.70. The minimum Gasteiger partial charge on any atom is -0.478 e. The van der Waals surface area contributed by atoms with Gasteiger partial charge in [-0.2, -0.15) is 13.2 Å². The highest BCUT2D eigenvalue weighted by molar-refractivity contribution is 5.90. The lowest BCUT2D eigenvalue weighted by atomic mass is 10.1. The molecule has 110 valence electrons. The van der Waals surface area contributed by atoms with E-state index in [1.165, 1.54) is 0 Å². The first kappa shape index (κ1) is 15.7. The topological polar surface area (TPSA) is 92.5 Å². The Morgan fingerprint density at radius 2 is 2.00 bits per heavy atom. The monoisotopic (exact) mass is 296 g/mol. The molecule has 1 rings (SSSR count). The van der Waals surface area contributed by atoms with Crippen molar-refractivity contribution >= 4 is 17.3 Å². The van der Waals surface area contributed by atoms with Crippen LogP contribution in [0.5, 0.6) is 0 Å². The molecule has 0 unspecified atom stereocenters. The van der Waals surface area contributed by atoms with Crippen LogP contribution in [0.4, 0.5) is 28.9 Å². The van der Waals surface area contributed by atoms with E-state index in [1.54, 1.807) is 0 Å². The summed E-state index contributed by atoms with van der Waals surface area (Å²) in [6, 6.07) is 0.936. The number of nitrogens with zero attached hydrogens (tertiary/aromatic N) is 1. The molecule has 0 fully saturated rings. The lowest BCUT2D eigenvalue weighted by Gasteiger charge is -2.10. The molecule has 0 bridgehead atoms. The van der Waals surface area contributed by atoms with Crippen molar-refractivity contribution in [3.8, 4) is 0 Å². The number of rotatable bonds is 5. The zero-order chi connectivity index (χ0) is 15.5. The maximum absolute atomic E-state index is 13.3. The third-order valence-electron chi connectivity index (χ3n) is 2.24. The van der Waals surface area contributed by atoms with E-state index in [2.05, 4.69) is 5.32 Å². The molecule has 0 spiro atoms. The summed E-state index contributed by atoms with van der Waals surface area (Å²) < 4.78 is 49.1. The van der Waals surface area contributed by atoms with Gasteiger partial charge in [0.1, 0.15) is 11.5 Å². The Kier molecular flexibility index (Phi) is 4.48. The number of carboxylic acids is 1. The van der Waals surface area contributed by atoms with Crippen LogP contribution < -0.4 is 5.32 Å². The summed E-state index contributed by atoms with van der Waals surface area (Å²) >= 11 is 0. The summed E-state index contributed by atoms with van der Waals surface area (Å²) in [6.45, 7) is -0.699. The maximum atomic E-state index is 13.3. The number of halogens is 4. The maximum Gasteiger partial charge on any atom is 0.390 e. The predicted molar refractivity (Wildman–Crippen MR) is 59.2 cm³/mol. The van der Waals surface area contributed by atoms with E-state index in [9.17, 15) is 32.5 Å². The molecule has 2 N–H and O–H groups in total. The van der Waals surface area contributed by atoms with Gasteiger partial charge in [-0.1, -0.05) is 0 Å². The highest BCUT2D eigenvalue weighted by Crippen LogP contribution is 2.28. The number of nitro benzene ring substituents is 1. The molecule has 0 amide bonds. The summed E-state index contributed by atoms with van der Waals surface area (Å²) in [5.41, 5.74) is -2.20. The van der Waals surface area contributed by atoms with Gasteiger partial charge >= 0.3 is 12.1 Å². The summed E-state index contributed by atoms with van der Waals surface area (Å²) in [4.78, 5) is 20.3. The Morgan fingerprint density at radius 1 is 1.40 bits per heavy atom. The van der Waals surface area contributed by atoms with Crippen LogP contribution in [0.3, 0.4) is 0 Å². The van der Waals surface area contributed by atoms with Gasteiger partial charge in [-0.25, -0.2) is 9.18 Å². The Labute approximate surface area is 109 Å². The molecular formula is C10H8F4N2O4. The molecule has 0 aromatic heterocycles. The van der Waals surface area contributed by atoms with Crippen LogP contribution in [-0.2, 0) is 0 Å². The van der Waals surface area contributed by atoms with Crippen LogP contribution >= 0.6 is 0 Å². The normalized spacial score (nSPS) is 11.2. The van der Waals surface area contributed by atoms with Crippen molar-refractivity contribution < 1.29 is 32.4 Å². The second kappa shape index (κ2) is 5.72. The molecule has 0 aliphatic rings. The molecule has 1 aromatic carbocycles. The van der Waals surface area contributed by atoms with Crippen molar-refractivity contribution in [3.05, 3.63) is 33.6 Å². The van der Waals surface area contributed by atoms with E-state index in [0.717, 1.165) is 0 Å². The third kappa shape index (κ3) is 4.07. The highest BCUT2D eigenvalue weighted by atomic mass is 19.4. The number of alkyl halides is 3. The lowest BCUT2D eigenvalue weighted by molar-refractivity contribution is -0.384. The van der Waals surface area contributed by atoms with Gasteiger partial charge in [-0.15, -0.1) is 0 Å². The smallest absolute Gasteiger partial charge is 0.390 e. The molecule has 0 radical (unpaired) electrons. The van der Waals surface area contributed by atoms with Gasteiger partial charge in [0, 0.05) is 6.54 Å². The van der Waals surface area contributed by atoms with E-state index < -0.39 is 52.8 Å². The molecule has 0 aliphatic carbocycles. The number of hydrogen-bond donors (Lipinski definition) is 2. The first-order valence-corrected chi connectivity index (χ1v) is 5.13. The van der Waals surface area contributed by atoms with Crippen molar-refractivity contribution in [3.63, 3.8) is 0 Å². The first-order chi connectivity index (χ1) is 9.11. The second-order valence-corrected chi connectivity index (χ2v) is 3.70. The number of aromatic carboxylic acids is 1. The number of nitro groups is 1. The van der Waals surface area contributed by atoms with Crippen LogP contribution in [0, 0.1) is 15.9 Å². The molecule has 0 saturated carbocycles. The Hall–Kier alpha value is -2.39. The number of anilines is 1. The quantitative estimate of drug-likeness (QED) is 0.495. The molecule has 0 heterocycles. The summed E-state index contributed by atoms with van der Waals surface area (Å²) in [7, 11) is 0. The minimum absolute atomic E-state index is 0.347. The van der Waals surface area contributed by atoms with Gasteiger partial charge in [0.05, 0.1) is 23.0 Å². The number of carbonyl (C=O) groups is 1. The van der Waals surface area contributed by atoms with Crippen LogP contribution in [-0.4, -0.2) is 28.7 Å². The van der Waals surface area contributed by atoms with E-state index in [-0.39, 0.29) is 0 Å². The molecular weight excluding hydrogens is 288 g/mol. The standard InChI is InChI=1S/C10H8F4N2O4/c11-6-4-8(16(19)20)7(3-5(6)9(17)18)15-2-1-10(12,13)14/h3-4,15H,1-2H2,(H,17,18). The summed E-state index contributed by atoms with van der Waals surface area (Å²) in [6.07, 6.45) is -5.75. The van der Waals surface area contributed by atoms with Crippen molar-refractivity contribution in [2.75, 3.05) is 11.9 Å². The molecule has 20 heavy (non-hydrogen) atoms. The van der Waals surface area contributed by atoms with Crippen LogP contribution in [0.25, 0.3) is 0 Å². The van der Waals surface area contributed by atoms with Crippen molar-refractivity contribution in [2.24, 2.45) is 0 Å². The predicted octanol–water partition coefficient (Wildman–Crippen LogP) is 2.80. The number of nitrogens with one attached hydrogen (secondary N) is 1. The van der Waals surface area contributed by atoms with Crippen molar-refractivity contribution in [1.82, 2.24) is 0 Å². The van der Waals surface area contributed by atoms with Gasteiger partial charge in [-0.3, -0.25) is 10.1 Å². The fourth-order valence-electron chi connectivity index (χ4n) is 1.36. The molecule has 6 nitrogen and oxygen atoms in total. The van der Waals surface area contributed by atoms with Gasteiger partial charge in [-0.05, 0) is 6.07 Å². The summed E-state index contributed by atoms with van der Waals surface area (Å²) in [5.74, 6) is -3.03. The molecule has 0 atom stereocenters. The van der Waals surface area contributed by atoms with E-state index >= 15 is 0 Å². The van der Waals surface area contributed by atoms with Crippen molar-refractivity contribution in [2.45, 2.75) is 12.6 Å². The Bertz CT molecular complexity index is 545. The first-order valence-electron chi connectivity index (χ1n) is 5.13. The minimum atomic E-state index is -4.47. The fourth-order valence-corrected chi connectivity index (χ4v) is 1.36. The molecule has 0 saturated heterocycles. The van der Waals surface area contributed by atoms with Crippen LogP contribution in [0.15, 0.2) is 12.1 Å². The van der Waals surface area contributed by atoms with Crippen LogP contribution in [0.1, 0.15) is 16.8 Å². The summed E-state index contributed by atoms with van der Waals surface area (Å²) in [5, 5.41) is 21.4. The average Bonchev–Trinajstić information content (AvgIpc) is 2.28. The Morgan fingerprint density at radius 3 is 2.45 bits per heavy atom. The van der Waals surface area contributed by atoms with Gasteiger partial charge < -0.3 is 10.4 Å². The fraction of sp³-hybridized carbons (Fsp3) is 0.300. The number of carboxylic acid groups (broad SMARTS) is 1. The van der Waals surface area contributed by atoms with Crippen molar-refractivity contribution in [1.29, 1.82) is 0 Å². The molecule has 0 aliphatic heterocycles. The number of benzene rings is 1. The Balaban J connectivity index is 3.05. The highest BCUT2D eigenvalue weighted by Gasteiger charge is 2.27. The van der Waals surface area contributed by atoms with E-state index in [1.807, 2.05) is 0 Å². The second-order valence-electron chi connectivity index (χ2n) is 3.70. The molecule has 10 heteroatoms. The zero-order valence-electron chi connectivity index (χ0n) is 9.70. The lowest BCUT2D eigenvalue weighted by Crippen LogP contribution is -2.15. The molecule has 1 aromatic rings. The SMILES string of the molecule is O=C(O)c1cc(NCCC(F)(F)F)c([N+](=O)[O-])cc1F.